The second-order valence-corrected chi connectivity index (χ2v) is 6.20. The molecular weight excluding hydrogens is 272 g/mol. The van der Waals surface area contributed by atoms with Gasteiger partial charge in [-0.25, -0.2) is 4.79 Å². The Morgan fingerprint density at radius 2 is 1.23 bits per heavy atom. The first-order chi connectivity index (χ1) is 10.7. The molecule has 0 aromatic heterocycles. The van der Waals surface area contributed by atoms with Crippen molar-refractivity contribution < 1.29 is 9.90 Å². The predicted molar refractivity (Wildman–Crippen MR) is 96.2 cm³/mol. The van der Waals surface area contributed by atoms with Crippen LogP contribution in [0.1, 0.15) is 96.8 Å². The molecule has 0 bridgehead atoms. The van der Waals surface area contributed by atoms with Crippen molar-refractivity contribution >= 4 is 5.97 Å². The third kappa shape index (κ3) is 13.9. The minimum Gasteiger partial charge on any atom is -0.478 e. The van der Waals surface area contributed by atoms with Crippen molar-refractivity contribution in [2.75, 3.05) is 0 Å². The Balaban J connectivity index is 3.24. The lowest BCUT2D eigenvalue weighted by molar-refractivity contribution is -0.132. The summed E-state index contributed by atoms with van der Waals surface area (Å²) in [6.07, 6.45) is 21.5. The van der Waals surface area contributed by atoms with Gasteiger partial charge >= 0.3 is 5.97 Å². The highest BCUT2D eigenvalue weighted by Crippen LogP contribution is 2.13. The van der Waals surface area contributed by atoms with E-state index in [0.29, 0.717) is 5.57 Å². The number of aliphatic carboxylic acids is 1. The molecule has 0 heterocycles. The molecule has 0 rings (SSSR count). The minimum absolute atomic E-state index is 0.332. The number of carboxylic acids is 1. The summed E-state index contributed by atoms with van der Waals surface area (Å²) in [6, 6.07) is 0. The van der Waals surface area contributed by atoms with E-state index in [9.17, 15) is 4.79 Å². The molecule has 0 fully saturated rings. The first kappa shape index (κ1) is 20.9. The molecule has 0 aliphatic heterocycles. The second-order valence-electron chi connectivity index (χ2n) is 6.20. The molecule has 0 spiro atoms. The Hall–Kier alpha value is -1.05. The van der Waals surface area contributed by atoms with E-state index in [2.05, 4.69) is 13.5 Å². The number of carboxylic acid groups (broad SMARTS) is 1. The van der Waals surface area contributed by atoms with E-state index in [-0.39, 0.29) is 0 Å². The van der Waals surface area contributed by atoms with Crippen LogP contribution in [0.15, 0.2) is 24.3 Å². The van der Waals surface area contributed by atoms with Crippen molar-refractivity contribution in [2.45, 2.75) is 96.8 Å². The zero-order valence-electron chi connectivity index (χ0n) is 14.6. The van der Waals surface area contributed by atoms with Gasteiger partial charge < -0.3 is 5.11 Å². The average molecular weight is 309 g/mol. The second kappa shape index (κ2) is 16.3. The number of carbonyl (C=O) groups is 1. The molecule has 0 aromatic carbocycles. The molecule has 1 N–H and O–H groups in total. The van der Waals surface area contributed by atoms with Crippen LogP contribution in [0.4, 0.5) is 0 Å². The topological polar surface area (TPSA) is 37.3 Å². The Labute approximate surface area is 137 Å². The molecule has 2 heteroatoms. The van der Waals surface area contributed by atoms with Crippen molar-refractivity contribution in [2.24, 2.45) is 0 Å². The van der Waals surface area contributed by atoms with E-state index in [4.69, 9.17) is 5.11 Å². The maximum atomic E-state index is 10.8. The Morgan fingerprint density at radius 3 is 1.59 bits per heavy atom. The van der Waals surface area contributed by atoms with E-state index in [1.807, 2.05) is 0 Å². The third-order valence-electron chi connectivity index (χ3n) is 4.14. The van der Waals surface area contributed by atoms with Crippen LogP contribution in [-0.2, 0) is 4.79 Å². The molecule has 0 aromatic rings. The van der Waals surface area contributed by atoms with Gasteiger partial charge in [0.1, 0.15) is 0 Å². The van der Waals surface area contributed by atoms with Crippen LogP contribution >= 0.6 is 0 Å². The highest BCUT2D eigenvalue weighted by atomic mass is 16.4. The Morgan fingerprint density at radius 1 is 0.818 bits per heavy atom. The van der Waals surface area contributed by atoms with Crippen molar-refractivity contribution in [1.29, 1.82) is 0 Å². The lowest BCUT2D eigenvalue weighted by Crippen LogP contribution is -1.96. The summed E-state index contributed by atoms with van der Waals surface area (Å²) in [5.41, 5.74) is 0.332. The number of hydrogen-bond donors (Lipinski definition) is 1. The zero-order chi connectivity index (χ0) is 16.5. The quantitative estimate of drug-likeness (QED) is 0.196. The lowest BCUT2D eigenvalue weighted by Gasteiger charge is -2.02. The highest BCUT2D eigenvalue weighted by molar-refractivity contribution is 5.89. The molecule has 2 nitrogen and oxygen atoms in total. The molecule has 0 unspecified atom stereocenters. The van der Waals surface area contributed by atoms with Crippen LogP contribution in [0.25, 0.3) is 0 Å². The van der Waals surface area contributed by atoms with Gasteiger partial charge in [0, 0.05) is 0 Å². The van der Waals surface area contributed by atoms with Crippen molar-refractivity contribution in [1.82, 2.24) is 0 Å². The number of hydrogen-bond acceptors (Lipinski definition) is 1. The lowest BCUT2D eigenvalue weighted by atomic mass is 10.0. The van der Waals surface area contributed by atoms with Gasteiger partial charge in [0.05, 0.1) is 5.57 Å². The van der Waals surface area contributed by atoms with Gasteiger partial charge in [-0.3, -0.25) is 0 Å². The van der Waals surface area contributed by atoms with Gasteiger partial charge in [-0.1, -0.05) is 103 Å². The average Bonchev–Trinajstić information content (AvgIpc) is 2.51. The summed E-state index contributed by atoms with van der Waals surface area (Å²) in [7, 11) is 0. The van der Waals surface area contributed by atoms with E-state index in [1.54, 1.807) is 6.08 Å². The standard InChI is InChI=1S/C20H36O2/c1-3-5-6-7-8-9-10-11-12-13-14-15-16-17-18-19(4-2)20(21)22/h4,18H,2-3,5-17H2,1H3,(H,21,22)/b19-18+. The Kier molecular flexibility index (Phi) is 15.5. The molecule has 0 radical (unpaired) electrons. The third-order valence-corrected chi connectivity index (χ3v) is 4.14. The number of allylic oxidation sites excluding steroid dienone is 1. The maximum absolute atomic E-state index is 10.8. The van der Waals surface area contributed by atoms with E-state index in [1.165, 1.54) is 83.1 Å². The van der Waals surface area contributed by atoms with Gasteiger partial charge in [0.15, 0.2) is 0 Å². The smallest absolute Gasteiger partial charge is 0.335 e. The summed E-state index contributed by atoms with van der Waals surface area (Å²) in [4.78, 5) is 10.8. The summed E-state index contributed by atoms with van der Waals surface area (Å²) >= 11 is 0. The van der Waals surface area contributed by atoms with Gasteiger partial charge in [0.25, 0.3) is 0 Å². The molecule has 22 heavy (non-hydrogen) atoms. The summed E-state index contributed by atoms with van der Waals surface area (Å²) in [6.45, 7) is 5.78. The maximum Gasteiger partial charge on any atom is 0.335 e. The normalized spacial score (nSPS) is 11.6. The van der Waals surface area contributed by atoms with Crippen molar-refractivity contribution in [3.8, 4) is 0 Å². The molecule has 0 amide bonds. The largest absolute Gasteiger partial charge is 0.478 e. The first-order valence-electron chi connectivity index (χ1n) is 9.28. The van der Waals surface area contributed by atoms with Gasteiger partial charge in [-0.05, 0) is 12.8 Å². The monoisotopic (exact) mass is 308 g/mol. The Bertz CT molecular complexity index is 305. The molecule has 0 aliphatic rings. The molecule has 0 atom stereocenters. The summed E-state index contributed by atoms with van der Waals surface area (Å²) in [5, 5.41) is 8.84. The number of rotatable bonds is 16. The molecule has 0 saturated carbocycles. The SMILES string of the molecule is C=C/C(=C\CCCCCCCCCCCCCCC)C(=O)O. The van der Waals surface area contributed by atoms with Crippen LogP contribution in [0.2, 0.25) is 0 Å². The van der Waals surface area contributed by atoms with E-state index in [0.717, 1.165) is 12.8 Å². The fourth-order valence-electron chi connectivity index (χ4n) is 2.68. The van der Waals surface area contributed by atoms with Crippen LogP contribution in [0, 0.1) is 0 Å². The van der Waals surface area contributed by atoms with E-state index < -0.39 is 5.97 Å². The molecule has 0 aliphatic carbocycles. The van der Waals surface area contributed by atoms with Gasteiger partial charge in [-0.2, -0.15) is 0 Å². The summed E-state index contributed by atoms with van der Waals surface area (Å²) < 4.78 is 0. The van der Waals surface area contributed by atoms with Gasteiger partial charge in [-0.15, -0.1) is 0 Å². The molecular formula is C20H36O2. The predicted octanol–water partition coefficient (Wildman–Crippen LogP) is 6.66. The fraction of sp³-hybridized carbons (Fsp3) is 0.750. The van der Waals surface area contributed by atoms with E-state index >= 15 is 0 Å². The van der Waals surface area contributed by atoms with Gasteiger partial charge in [0.2, 0.25) is 0 Å². The van der Waals surface area contributed by atoms with Crippen LogP contribution in [0.5, 0.6) is 0 Å². The molecule has 0 saturated heterocycles. The highest BCUT2D eigenvalue weighted by Gasteiger charge is 2.00. The summed E-state index contributed by atoms with van der Waals surface area (Å²) in [5.74, 6) is -0.871. The van der Waals surface area contributed by atoms with Crippen LogP contribution in [-0.4, -0.2) is 11.1 Å². The zero-order valence-corrected chi connectivity index (χ0v) is 14.6. The van der Waals surface area contributed by atoms with Crippen molar-refractivity contribution in [3.05, 3.63) is 24.3 Å². The minimum atomic E-state index is -0.871. The molecule has 128 valence electrons. The van der Waals surface area contributed by atoms with Crippen LogP contribution < -0.4 is 0 Å². The number of unbranched alkanes of at least 4 members (excludes halogenated alkanes) is 13. The van der Waals surface area contributed by atoms with Crippen molar-refractivity contribution in [3.63, 3.8) is 0 Å². The van der Waals surface area contributed by atoms with Crippen LogP contribution in [0.3, 0.4) is 0 Å². The fourth-order valence-corrected chi connectivity index (χ4v) is 2.68. The first-order valence-corrected chi connectivity index (χ1v) is 9.28.